The van der Waals surface area contributed by atoms with Crippen molar-refractivity contribution in [2.24, 2.45) is 0 Å². The summed E-state index contributed by atoms with van der Waals surface area (Å²) >= 11 is 0.731. The summed E-state index contributed by atoms with van der Waals surface area (Å²) in [5.74, 6) is -1.07. The molecule has 0 amide bonds. The second-order valence-electron chi connectivity index (χ2n) is 3.58. The smallest absolute Gasteiger partial charge is 0.359 e. The van der Waals surface area contributed by atoms with Crippen LogP contribution in [0.25, 0.3) is 0 Å². The predicted molar refractivity (Wildman–Crippen MR) is 54.4 cm³/mol. The Morgan fingerprint density at radius 3 is 2.62 bits per heavy atom. The Morgan fingerprint density at radius 2 is 2.06 bits per heavy atom. The van der Waals surface area contributed by atoms with Gasteiger partial charge < -0.3 is 10.6 Å². The van der Waals surface area contributed by atoms with Gasteiger partial charge in [-0.2, -0.15) is 22.5 Å². The van der Waals surface area contributed by atoms with E-state index in [1.165, 1.54) is 12.8 Å². The topological polar surface area (TPSA) is 49.8 Å². The Bertz CT molecular complexity index is 347. The summed E-state index contributed by atoms with van der Waals surface area (Å²) in [6.07, 6.45) is -2.07. The predicted octanol–water partition coefficient (Wildman–Crippen LogP) is 1.72. The molecule has 4 nitrogen and oxygen atoms in total. The minimum Gasteiger partial charge on any atom is -0.359 e. The van der Waals surface area contributed by atoms with Crippen molar-refractivity contribution in [2.75, 3.05) is 18.4 Å². The molecule has 0 atom stereocenters. The normalized spacial score (nSPS) is 16.4. The van der Waals surface area contributed by atoms with Crippen LogP contribution in [0.4, 0.5) is 18.3 Å². The lowest BCUT2D eigenvalue weighted by molar-refractivity contribution is -0.144. The van der Waals surface area contributed by atoms with Crippen LogP contribution >= 0.6 is 11.5 Å². The van der Waals surface area contributed by atoms with Gasteiger partial charge in [-0.15, -0.1) is 0 Å². The third-order valence-corrected chi connectivity index (χ3v) is 2.76. The van der Waals surface area contributed by atoms with E-state index >= 15 is 0 Å². The highest BCUT2D eigenvalue weighted by molar-refractivity contribution is 7.09. The SMILES string of the molecule is FC(F)(F)c1nsc(NCCNC2CC2)n1. The molecule has 90 valence electrons. The van der Waals surface area contributed by atoms with Gasteiger partial charge in [0.1, 0.15) is 0 Å². The van der Waals surface area contributed by atoms with Crippen LogP contribution in [0, 0.1) is 0 Å². The summed E-state index contributed by atoms with van der Waals surface area (Å²) in [7, 11) is 0. The molecule has 1 aromatic heterocycles. The number of nitrogens with zero attached hydrogens (tertiary/aromatic N) is 2. The number of aromatic nitrogens is 2. The Balaban J connectivity index is 1.73. The molecule has 16 heavy (non-hydrogen) atoms. The zero-order valence-corrected chi connectivity index (χ0v) is 9.16. The number of alkyl halides is 3. The first kappa shape index (κ1) is 11.6. The van der Waals surface area contributed by atoms with Gasteiger partial charge >= 0.3 is 6.18 Å². The molecule has 0 saturated heterocycles. The Hall–Kier alpha value is -0.890. The minimum atomic E-state index is -4.46. The average molecular weight is 252 g/mol. The van der Waals surface area contributed by atoms with E-state index in [-0.39, 0.29) is 5.13 Å². The summed E-state index contributed by atoms with van der Waals surface area (Å²) in [6.45, 7) is 1.29. The maximum Gasteiger partial charge on any atom is 0.452 e. The molecular weight excluding hydrogens is 241 g/mol. The fourth-order valence-corrected chi connectivity index (χ4v) is 1.75. The van der Waals surface area contributed by atoms with E-state index in [0.29, 0.717) is 12.6 Å². The van der Waals surface area contributed by atoms with Crippen molar-refractivity contribution in [3.05, 3.63) is 5.82 Å². The summed E-state index contributed by atoms with van der Waals surface area (Å²) in [5, 5.41) is 6.25. The van der Waals surface area contributed by atoms with Gasteiger partial charge in [-0.3, -0.25) is 0 Å². The van der Waals surface area contributed by atoms with Crippen LogP contribution in [0.5, 0.6) is 0 Å². The van der Waals surface area contributed by atoms with Crippen molar-refractivity contribution >= 4 is 16.7 Å². The van der Waals surface area contributed by atoms with Crippen LogP contribution in [0.3, 0.4) is 0 Å². The van der Waals surface area contributed by atoms with Gasteiger partial charge in [-0.1, -0.05) is 0 Å². The van der Waals surface area contributed by atoms with Crippen LogP contribution in [0.15, 0.2) is 0 Å². The second-order valence-corrected chi connectivity index (χ2v) is 4.33. The fourth-order valence-electron chi connectivity index (χ4n) is 1.14. The van der Waals surface area contributed by atoms with E-state index in [1.54, 1.807) is 0 Å². The van der Waals surface area contributed by atoms with Crippen molar-refractivity contribution in [2.45, 2.75) is 25.1 Å². The van der Waals surface area contributed by atoms with E-state index in [1.807, 2.05) is 0 Å². The van der Waals surface area contributed by atoms with Crippen molar-refractivity contribution in [3.8, 4) is 0 Å². The highest BCUT2D eigenvalue weighted by Crippen LogP contribution is 2.28. The number of rotatable bonds is 5. The lowest BCUT2D eigenvalue weighted by atomic mass is 10.5. The number of nitrogens with one attached hydrogen (secondary N) is 2. The molecule has 0 aliphatic heterocycles. The quantitative estimate of drug-likeness (QED) is 0.783. The van der Waals surface area contributed by atoms with Crippen molar-refractivity contribution in [3.63, 3.8) is 0 Å². The van der Waals surface area contributed by atoms with Crippen molar-refractivity contribution < 1.29 is 13.2 Å². The molecule has 1 heterocycles. The fraction of sp³-hybridized carbons (Fsp3) is 0.750. The molecule has 2 N–H and O–H groups in total. The molecule has 0 aromatic carbocycles. The largest absolute Gasteiger partial charge is 0.452 e. The molecule has 0 unspecified atom stereocenters. The molecular formula is C8H11F3N4S. The van der Waals surface area contributed by atoms with E-state index in [2.05, 4.69) is 20.0 Å². The zero-order chi connectivity index (χ0) is 11.6. The molecule has 1 aromatic rings. The second kappa shape index (κ2) is 4.54. The summed E-state index contributed by atoms with van der Waals surface area (Å²) in [6, 6.07) is 0.599. The third-order valence-electron chi connectivity index (χ3n) is 2.09. The van der Waals surface area contributed by atoms with Crippen LogP contribution in [0.1, 0.15) is 18.7 Å². The van der Waals surface area contributed by atoms with Crippen molar-refractivity contribution in [1.29, 1.82) is 0 Å². The highest BCUT2D eigenvalue weighted by Gasteiger charge is 2.36. The van der Waals surface area contributed by atoms with E-state index < -0.39 is 12.0 Å². The highest BCUT2D eigenvalue weighted by atomic mass is 32.1. The molecule has 1 aliphatic rings. The molecule has 1 saturated carbocycles. The standard InChI is InChI=1S/C8H11F3N4S/c9-8(10,11)6-14-7(16-15-6)13-4-3-12-5-1-2-5/h5,12H,1-4H2,(H,13,14,15). The van der Waals surface area contributed by atoms with Crippen LogP contribution in [-0.2, 0) is 6.18 Å². The summed E-state index contributed by atoms with van der Waals surface area (Å²) in [5.41, 5.74) is 0. The first-order valence-corrected chi connectivity index (χ1v) is 5.71. The van der Waals surface area contributed by atoms with Gasteiger partial charge in [-0.25, -0.2) is 0 Å². The van der Waals surface area contributed by atoms with Gasteiger partial charge in [0.05, 0.1) is 0 Å². The molecule has 1 fully saturated rings. The maximum atomic E-state index is 12.1. The Morgan fingerprint density at radius 1 is 1.31 bits per heavy atom. The van der Waals surface area contributed by atoms with Gasteiger partial charge in [0, 0.05) is 30.7 Å². The third kappa shape index (κ3) is 3.31. The Kier molecular flexibility index (Phi) is 3.29. The van der Waals surface area contributed by atoms with Crippen LogP contribution < -0.4 is 10.6 Å². The number of halogens is 3. The first-order valence-electron chi connectivity index (χ1n) is 4.94. The summed E-state index contributed by atoms with van der Waals surface area (Å²) < 4.78 is 39.7. The summed E-state index contributed by atoms with van der Waals surface area (Å²) in [4.78, 5) is 3.36. The molecule has 8 heteroatoms. The maximum absolute atomic E-state index is 12.1. The van der Waals surface area contributed by atoms with Gasteiger partial charge in [-0.05, 0) is 12.8 Å². The van der Waals surface area contributed by atoms with Crippen LogP contribution in [-0.4, -0.2) is 28.5 Å². The zero-order valence-electron chi connectivity index (χ0n) is 8.34. The van der Waals surface area contributed by atoms with Gasteiger partial charge in [0.25, 0.3) is 0 Å². The molecule has 0 radical (unpaired) electrons. The van der Waals surface area contributed by atoms with Gasteiger partial charge in [0.15, 0.2) is 0 Å². The van der Waals surface area contributed by atoms with Gasteiger partial charge in [0.2, 0.25) is 11.0 Å². The minimum absolute atomic E-state index is 0.213. The van der Waals surface area contributed by atoms with E-state index in [4.69, 9.17) is 0 Å². The number of hydrogen-bond donors (Lipinski definition) is 2. The average Bonchev–Trinajstić information content (AvgIpc) is 2.88. The van der Waals surface area contributed by atoms with Crippen molar-refractivity contribution in [1.82, 2.24) is 14.7 Å². The van der Waals surface area contributed by atoms with E-state index in [0.717, 1.165) is 18.1 Å². The first-order chi connectivity index (χ1) is 7.55. The van der Waals surface area contributed by atoms with E-state index in [9.17, 15) is 13.2 Å². The number of anilines is 1. The molecule has 0 bridgehead atoms. The molecule has 1 aliphatic carbocycles. The lowest BCUT2D eigenvalue weighted by Crippen LogP contribution is -2.23. The molecule has 0 spiro atoms. The monoisotopic (exact) mass is 252 g/mol. The lowest BCUT2D eigenvalue weighted by Gasteiger charge is -2.03. The number of hydrogen-bond acceptors (Lipinski definition) is 5. The van der Waals surface area contributed by atoms with Crippen LogP contribution in [0.2, 0.25) is 0 Å². The Labute approximate surface area is 94.4 Å². The molecule has 2 rings (SSSR count).